The molecule has 1 saturated heterocycles. The van der Waals surface area contributed by atoms with E-state index >= 15 is 0 Å². The Kier molecular flexibility index (Phi) is 5.70. The predicted molar refractivity (Wildman–Crippen MR) is 112 cm³/mol. The third-order valence-electron chi connectivity index (χ3n) is 4.74. The van der Waals surface area contributed by atoms with Crippen LogP contribution in [0.4, 0.5) is 5.82 Å². The Bertz CT molecular complexity index is 1060. The van der Waals surface area contributed by atoms with Gasteiger partial charge in [0.05, 0.1) is 7.11 Å². The molecule has 0 aliphatic carbocycles. The first kappa shape index (κ1) is 19.3. The highest BCUT2D eigenvalue weighted by molar-refractivity contribution is 7.99. The number of thioether (sulfide) groups is 1. The molecule has 3 aromatic rings. The van der Waals surface area contributed by atoms with Gasteiger partial charge in [0.15, 0.2) is 5.82 Å². The van der Waals surface area contributed by atoms with Gasteiger partial charge in [0.25, 0.3) is 0 Å². The van der Waals surface area contributed by atoms with Crippen LogP contribution < -0.4 is 20.6 Å². The Hall–Kier alpha value is -3.01. The number of carbonyl (C=O) groups excluding carboxylic acids is 1. The number of ether oxygens (including phenoxy) is 1. The van der Waals surface area contributed by atoms with Gasteiger partial charge < -0.3 is 15.0 Å². The second kappa shape index (κ2) is 8.56. The molecular weight excluding hydrogens is 392 g/mol. The third-order valence-corrected chi connectivity index (χ3v) is 5.68. The van der Waals surface area contributed by atoms with Crippen LogP contribution in [-0.2, 0) is 17.9 Å². The molecule has 0 spiro atoms. The Morgan fingerprint density at radius 3 is 2.72 bits per heavy atom. The molecule has 10 heteroatoms. The van der Waals surface area contributed by atoms with Crippen molar-refractivity contribution in [3.05, 3.63) is 52.7 Å². The van der Waals surface area contributed by atoms with E-state index in [0.29, 0.717) is 18.0 Å². The molecule has 1 aliphatic rings. The van der Waals surface area contributed by atoms with Crippen molar-refractivity contribution < 1.29 is 9.53 Å². The lowest BCUT2D eigenvalue weighted by Crippen LogP contribution is -2.33. The highest BCUT2D eigenvalue weighted by Crippen LogP contribution is 2.20. The lowest BCUT2D eigenvalue weighted by Gasteiger charge is -2.27. The van der Waals surface area contributed by atoms with Gasteiger partial charge in [-0.25, -0.2) is 18.9 Å². The van der Waals surface area contributed by atoms with E-state index in [2.05, 4.69) is 20.3 Å². The molecule has 0 bridgehead atoms. The number of hydrogen-bond donors (Lipinski definition) is 1. The maximum absolute atomic E-state index is 12.7. The summed E-state index contributed by atoms with van der Waals surface area (Å²) in [5.74, 6) is 3.19. The van der Waals surface area contributed by atoms with E-state index in [-0.39, 0.29) is 18.1 Å². The molecular formula is C19H22N6O3S. The fraction of sp³-hybridized carbons (Fsp3) is 0.368. The number of anilines is 1. The molecule has 0 saturated carbocycles. The van der Waals surface area contributed by atoms with Gasteiger partial charge in [0.1, 0.15) is 12.3 Å². The Morgan fingerprint density at radius 2 is 2.00 bits per heavy atom. The van der Waals surface area contributed by atoms with Crippen molar-refractivity contribution in [2.24, 2.45) is 0 Å². The molecule has 0 unspecified atom stereocenters. The van der Waals surface area contributed by atoms with Crippen LogP contribution in [0.25, 0.3) is 5.65 Å². The minimum Gasteiger partial charge on any atom is -0.497 e. The highest BCUT2D eigenvalue weighted by atomic mass is 32.2. The van der Waals surface area contributed by atoms with Crippen LogP contribution in [0.2, 0.25) is 0 Å². The first-order valence-corrected chi connectivity index (χ1v) is 10.5. The van der Waals surface area contributed by atoms with Crippen molar-refractivity contribution in [3.8, 4) is 5.75 Å². The van der Waals surface area contributed by atoms with Crippen molar-refractivity contribution in [2.45, 2.75) is 13.1 Å². The van der Waals surface area contributed by atoms with Gasteiger partial charge in [0.2, 0.25) is 11.6 Å². The van der Waals surface area contributed by atoms with Crippen molar-refractivity contribution in [2.75, 3.05) is 36.6 Å². The number of hydrogen-bond acceptors (Lipinski definition) is 7. The zero-order valence-corrected chi connectivity index (χ0v) is 16.9. The highest BCUT2D eigenvalue weighted by Gasteiger charge is 2.19. The largest absolute Gasteiger partial charge is 0.497 e. The molecule has 152 valence electrons. The van der Waals surface area contributed by atoms with Crippen LogP contribution in [0, 0.1) is 0 Å². The molecule has 1 N–H and O–H groups in total. The third kappa shape index (κ3) is 4.21. The summed E-state index contributed by atoms with van der Waals surface area (Å²) in [7, 11) is 1.61. The minimum absolute atomic E-state index is 0.147. The van der Waals surface area contributed by atoms with Gasteiger partial charge in [-0.3, -0.25) is 4.79 Å². The zero-order chi connectivity index (χ0) is 20.2. The Labute approximate surface area is 171 Å². The lowest BCUT2D eigenvalue weighted by molar-refractivity contribution is -0.122. The van der Waals surface area contributed by atoms with Crippen LogP contribution in [0.3, 0.4) is 0 Å². The number of aromatic nitrogens is 4. The molecule has 4 rings (SSSR count). The fourth-order valence-corrected chi connectivity index (χ4v) is 4.08. The topological polar surface area (TPSA) is 93.8 Å². The number of carbonyl (C=O) groups is 1. The van der Waals surface area contributed by atoms with Crippen LogP contribution in [0.1, 0.15) is 5.56 Å². The van der Waals surface area contributed by atoms with Gasteiger partial charge >= 0.3 is 5.69 Å². The van der Waals surface area contributed by atoms with E-state index in [1.54, 1.807) is 19.5 Å². The molecule has 1 aromatic carbocycles. The maximum Gasteiger partial charge on any atom is 0.350 e. The number of nitrogens with zero attached hydrogens (tertiary/aromatic N) is 5. The van der Waals surface area contributed by atoms with Crippen LogP contribution in [0.5, 0.6) is 5.75 Å². The fourth-order valence-electron chi connectivity index (χ4n) is 3.17. The summed E-state index contributed by atoms with van der Waals surface area (Å²) >= 11 is 1.90. The molecule has 1 aliphatic heterocycles. The molecule has 9 nitrogen and oxygen atoms in total. The first-order valence-electron chi connectivity index (χ1n) is 9.32. The maximum atomic E-state index is 12.7. The number of benzene rings is 1. The van der Waals surface area contributed by atoms with Crippen LogP contribution in [-0.4, -0.2) is 56.8 Å². The van der Waals surface area contributed by atoms with Crippen molar-refractivity contribution in [3.63, 3.8) is 0 Å². The molecule has 0 radical (unpaired) electrons. The van der Waals surface area contributed by atoms with Gasteiger partial charge in [-0.05, 0) is 17.7 Å². The molecule has 0 atom stereocenters. The number of amides is 1. The van der Waals surface area contributed by atoms with E-state index in [4.69, 9.17) is 4.74 Å². The van der Waals surface area contributed by atoms with E-state index in [9.17, 15) is 9.59 Å². The summed E-state index contributed by atoms with van der Waals surface area (Å²) in [6.07, 6.45) is 3.18. The normalized spacial score (nSPS) is 14.2. The molecule has 1 fully saturated rings. The Balaban J connectivity index is 1.47. The molecule has 1 amide bonds. The first-order chi connectivity index (χ1) is 14.2. The van der Waals surface area contributed by atoms with Gasteiger partial charge in [0, 0.05) is 43.5 Å². The summed E-state index contributed by atoms with van der Waals surface area (Å²) in [5.41, 5.74) is 1.07. The number of methoxy groups -OCH3 is 1. The number of rotatable bonds is 6. The van der Waals surface area contributed by atoms with Gasteiger partial charge in [-0.2, -0.15) is 11.8 Å². The average Bonchev–Trinajstić information content (AvgIpc) is 3.08. The standard InChI is InChI=1S/C19H22N6O3S/c1-28-15-4-2-14(3-5-15)12-21-16(26)13-25-19(27)24-7-6-20-17(18(24)22-25)23-8-10-29-11-9-23/h2-7H,8-13H2,1H3,(H,21,26). The zero-order valence-electron chi connectivity index (χ0n) is 16.1. The second-order valence-electron chi connectivity index (χ2n) is 6.61. The predicted octanol–water partition coefficient (Wildman–Crippen LogP) is 0.769. The quantitative estimate of drug-likeness (QED) is 0.637. The second-order valence-corrected chi connectivity index (χ2v) is 7.83. The Morgan fingerprint density at radius 1 is 1.24 bits per heavy atom. The lowest BCUT2D eigenvalue weighted by atomic mass is 10.2. The summed E-state index contributed by atoms with van der Waals surface area (Å²) in [5, 5.41) is 7.20. The molecule has 3 heterocycles. The van der Waals surface area contributed by atoms with E-state index in [0.717, 1.165) is 35.9 Å². The van der Waals surface area contributed by atoms with Crippen molar-refractivity contribution >= 4 is 29.1 Å². The van der Waals surface area contributed by atoms with Crippen LogP contribution >= 0.6 is 11.8 Å². The molecule has 2 aromatic heterocycles. The number of nitrogens with one attached hydrogen (secondary N) is 1. The summed E-state index contributed by atoms with van der Waals surface area (Å²) in [6, 6.07) is 7.43. The smallest absolute Gasteiger partial charge is 0.350 e. The van der Waals surface area contributed by atoms with Gasteiger partial charge in [-0.1, -0.05) is 12.1 Å². The summed E-state index contributed by atoms with van der Waals surface area (Å²) < 4.78 is 7.75. The minimum atomic E-state index is -0.352. The number of fused-ring (bicyclic) bond motifs is 1. The van der Waals surface area contributed by atoms with E-state index in [1.807, 2.05) is 36.0 Å². The summed E-state index contributed by atoms with van der Waals surface area (Å²) in [6.45, 7) is 1.94. The molecule has 29 heavy (non-hydrogen) atoms. The van der Waals surface area contributed by atoms with Crippen LogP contribution in [0.15, 0.2) is 41.5 Å². The van der Waals surface area contributed by atoms with Crippen molar-refractivity contribution in [1.82, 2.24) is 24.5 Å². The van der Waals surface area contributed by atoms with Gasteiger partial charge in [-0.15, -0.1) is 5.10 Å². The average molecular weight is 414 g/mol. The van der Waals surface area contributed by atoms with E-state index < -0.39 is 0 Å². The van der Waals surface area contributed by atoms with Crippen molar-refractivity contribution in [1.29, 1.82) is 0 Å². The monoisotopic (exact) mass is 414 g/mol. The summed E-state index contributed by atoms with van der Waals surface area (Å²) in [4.78, 5) is 31.6. The van der Waals surface area contributed by atoms with E-state index in [1.165, 1.54) is 9.08 Å². The SMILES string of the molecule is COc1ccc(CNC(=O)Cn2nc3c(N4CCSCC4)nccn3c2=O)cc1.